The van der Waals surface area contributed by atoms with E-state index >= 15 is 0 Å². The van der Waals surface area contributed by atoms with E-state index < -0.39 is 10.0 Å². The van der Waals surface area contributed by atoms with Crippen LogP contribution in [0.2, 0.25) is 0 Å². The third-order valence-electron chi connectivity index (χ3n) is 5.23. The summed E-state index contributed by atoms with van der Waals surface area (Å²) in [6.45, 7) is 10.3. The summed E-state index contributed by atoms with van der Waals surface area (Å²) in [6, 6.07) is 1.85. The first-order chi connectivity index (χ1) is 13.4. The van der Waals surface area contributed by atoms with Crippen LogP contribution in [0.5, 0.6) is 0 Å². The largest absolute Gasteiger partial charge is 0.337 e. The fourth-order valence-corrected chi connectivity index (χ4v) is 4.96. The molecule has 29 heavy (non-hydrogen) atoms. The normalized spacial score (nSPS) is 16.9. The zero-order valence-corrected chi connectivity index (χ0v) is 18.7. The van der Waals surface area contributed by atoms with Crippen LogP contribution in [0.15, 0.2) is 17.3 Å². The summed E-state index contributed by atoms with van der Waals surface area (Å²) >= 11 is 0. The Morgan fingerprint density at radius 3 is 2.34 bits per heavy atom. The SMILES string of the molecule is Cc1cc(NC(=O)C2CCN(S(=O)(=O)c3cn(C)c(C)n3)CC2)n(C(C)(C)C)n1. The Balaban J connectivity index is 1.66. The van der Waals surface area contributed by atoms with Gasteiger partial charge in [0.15, 0.2) is 5.03 Å². The number of anilines is 1. The van der Waals surface area contributed by atoms with Gasteiger partial charge in [-0.25, -0.2) is 18.1 Å². The van der Waals surface area contributed by atoms with Crippen LogP contribution in [0.3, 0.4) is 0 Å². The highest BCUT2D eigenvalue weighted by atomic mass is 32.2. The summed E-state index contributed by atoms with van der Waals surface area (Å²) in [5, 5.41) is 7.51. The van der Waals surface area contributed by atoms with Crippen LogP contribution in [-0.2, 0) is 27.4 Å². The standard InChI is InChI=1S/C19H30N6O3S/c1-13-11-16(25(22-13)19(3,4)5)21-18(26)15-7-9-24(10-8-15)29(27,28)17-12-23(6)14(2)20-17/h11-12,15H,7-10H2,1-6H3,(H,21,26). The Morgan fingerprint density at radius 2 is 1.83 bits per heavy atom. The average Bonchev–Trinajstić information content (AvgIpc) is 3.17. The van der Waals surface area contributed by atoms with Crippen molar-refractivity contribution >= 4 is 21.7 Å². The molecule has 0 aromatic carbocycles. The van der Waals surface area contributed by atoms with Gasteiger partial charge in [0.2, 0.25) is 5.91 Å². The van der Waals surface area contributed by atoms with Gasteiger partial charge in [-0.1, -0.05) is 0 Å². The van der Waals surface area contributed by atoms with E-state index in [0.717, 1.165) is 5.69 Å². The lowest BCUT2D eigenvalue weighted by atomic mass is 9.97. The molecule has 1 amide bonds. The first-order valence-corrected chi connectivity index (χ1v) is 11.2. The van der Waals surface area contributed by atoms with Crippen molar-refractivity contribution in [3.8, 4) is 0 Å². The topological polar surface area (TPSA) is 102 Å². The number of nitrogens with one attached hydrogen (secondary N) is 1. The Morgan fingerprint density at radius 1 is 1.21 bits per heavy atom. The van der Waals surface area contributed by atoms with Gasteiger partial charge < -0.3 is 9.88 Å². The van der Waals surface area contributed by atoms with Crippen LogP contribution in [0, 0.1) is 19.8 Å². The molecule has 2 aromatic rings. The molecule has 0 saturated carbocycles. The minimum absolute atomic E-state index is 0.0601. The number of hydrogen-bond donors (Lipinski definition) is 1. The van der Waals surface area contributed by atoms with Crippen molar-refractivity contribution in [2.24, 2.45) is 13.0 Å². The number of rotatable bonds is 4. The molecule has 0 radical (unpaired) electrons. The second kappa shape index (κ2) is 7.56. The fourth-order valence-electron chi connectivity index (χ4n) is 3.47. The smallest absolute Gasteiger partial charge is 0.262 e. The van der Waals surface area contributed by atoms with Crippen LogP contribution < -0.4 is 5.32 Å². The maximum atomic E-state index is 12.8. The molecule has 3 rings (SSSR count). The van der Waals surface area contributed by atoms with Crippen molar-refractivity contribution in [2.45, 2.75) is 58.0 Å². The summed E-state index contributed by atoms with van der Waals surface area (Å²) in [5.41, 5.74) is 0.580. The maximum absolute atomic E-state index is 12.8. The number of hydrogen-bond acceptors (Lipinski definition) is 5. The highest BCUT2D eigenvalue weighted by Crippen LogP contribution is 2.26. The summed E-state index contributed by atoms with van der Waals surface area (Å²) in [7, 11) is -1.87. The maximum Gasteiger partial charge on any atom is 0.262 e. The molecule has 0 atom stereocenters. The quantitative estimate of drug-likeness (QED) is 0.812. The number of carbonyl (C=O) groups excluding carboxylic acids is 1. The van der Waals surface area contributed by atoms with E-state index in [4.69, 9.17) is 0 Å². The number of piperidine rings is 1. The Labute approximate surface area is 172 Å². The number of amides is 1. The molecule has 2 aromatic heterocycles. The van der Waals surface area contributed by atoms with Gasteiger partial charge in [-0.15, -0.1) is 0 Å². The molecule has 9 nitrogen and oxygen atoms in total. The monoisotopic (exact) mass is 422 g/mol. The van der Waals surface area contributed by atoms with Crippen LogP contribution in [-0.4, -0.2) is 51.1 Å². The van der Waals surface area contributed by atoms with E-state index in [1.54, 1.807) is 18.5 Å². The summed E-state index contributed by atoms with van der Waals surface area (Å²) in [6.07, 6.45) is 2.47. The van der Waals surface area contributed by atoms with E-state index in [9.17, 15) is 13.2 Å². The summed E-state index contributed by atoms with van der Waals surface area (Å²) in [4.78, 5) is 16.9. The van der Waals surface area contributed by atoms with Gasteiger partial charge in [0.25, 0.3) is 10.0 Å². The molecule has 1 aliphatic heterocycles. The van der Waals surface area contributed by atoms with Gasteiger partial charge >= 0.3 is 0 Å². The number of carbonyl (C=O) groups is 1. The van der Waals surface area contributed by atoms with Gasteiger partial charge in [0.1, 0.15) is 11.6 Å². The van der Waals surface area contributed by atoms with Gasteiger partial charge in [-0.05, 0) is 47.5 Å². The van der Waals surface area contributed by atoms with Crippen molar-refractivity contribution in [3.05, 3.63) is 23.8 Å². The Hall–Kier alpha value is -2.20. The van der Waals surface area contributed by atoms with Gasteiger partial charge in [-0.2, -0.15) is 9.40 Å². The average molecular weight is 423 g/mol. The minimum Gasteiger partial charge on any atom is -0.337 e. The zero-order chi connectivity index (χ0) is 21.6. The highest BCUT2D eigenvalue weighted by molar-refractivity contribution is 7.89. The Bertz CT molecular complexity index is 988. The lowest BCUT2D eigenvalue weighted by molar-refractivity contribution is -0.121. The molecule has 1 N–H and O–H groups in total. The zero-order valence-electron chi connectivity index (χ0n) is 17.9. The predicted octanol–water partition coefficient (Wildman–Crippen LogP) is 2.03. The number of sulfonamides is 1. The molecular formula is C19H30N6O3S. The number of aromatic nitrogens is 4. The first kappa shape index (κ1) is 21.5. The van der Waals surface area contributed by atoms with Crippen LogP contribution >= 0.6 is 0 Å². The Kier molecular flexibility index (Phi) is 5.61. The molecule has 0 spiro atoms. The number of imidazole rings is 1. The van der Waals surface area contributed by atoms with E-state index in [1.807, 2.05) is 38.4 Å². The molecule has 0 unspecified atom stereocenters. The molecule has 160 valence electrons. The second-order valence-corrected chi connectivity index (χ2v) is 10.5. The van der Waals surface area contributed by atoms with Crippen molar-refractivity contribution in [1.82, 2.24) is 23.6 Å². The van der Waals surface area contributed by atoms with Crippen LogP contribution in [0.4, 0.5) is 5.82 Å². The number of nitrogens with zero attached hydrogens (tertiary/aromatic N) is 5. The molecular weight excluding hydrogens is 392 g/mol. The van der Waals surface area contributed by atoms with E-state index in [1.165, 1.54) is 10.5 Å². The number of aryl methyl sites for hydroxylation is 3. The molecule has 3 heterocycles. The van der Waals surface area contributed by atoms with Gasteiger partial charge in [-0.3, -0.25) is 4.79 Å². The molecule has 1 saturated heterocycles. The van der Waals surface area contributed by atoms with Gasteiger partial charge in [0.05, 0.1) is 11.2 Å². The lowest BCUT2D eigenvalue weighted by Crippen LogP contribution is -2.41. The second-order valence-electron chi connectivity index (χ2n) is 8.66. The van der Waals surface area contributed by atoms with Crippen molar-refractivity contribution in [3.63, 3.8) is 0 Å². The molecule has 0 bridgehead atoms. The van der Waals surface area contributed by atoms with Crippen molar-refractivity contribution in [2.75, 3.05) is 18.4 Å². The van der Waals surface area contributed by atoms with Crippen molar-refractivity contribution < 1.29 is 13.2 Å². The van der Waals surface area contributed by atoms with Gasteiger partial charge in [0, 0.05) is 38.3 Å². The third kappa shape index (κ3) is 4.37. The molecule has 10 heteroatoms. The third-order valence-corrected chi connectivity index (χ3v) is 7.00. The summed E-state index contributed by atoms with van der Waals surface area (Å²) in [5.74, 6) is 0.972. The van der Waals surface area contributed by atoms with E-state index in [-0.39, 0.29) is 22.4 Å². The fraction of sp³-hybridized carbons (Fsp3) is 0.632. The summed E-state index contributed by atoms with van der Waals surface area (Å²) < 4.78 is 30.5. The van der Waals surface area contributed by atoms with Crippen molar-refractivity contribution in [1.29, 1.82) is 0 Å². The van der Waals surface area contributed by atoms with E-state index in [0.29, 0.717) is 37.6 Å². The lowest BCUT2D eigenvalue weighted by Gasteiger charge is -2.30. The molecule has 1 aliphatic rings. The minimum atomic E-state index is -3.64. The van der Waals surface area contributed by atoms with Crippen LogP contribution in [0.1, 0.15) is 45.1 Å². The molecule has 0 aliphatic carbocycles. The van der Waals surface area contributed by atoms with E-state index in [2.05, 4.69) is 15.4 Å². The molecule has 1 fully saturated rings. The first-order valence-electron chi connectivity index (χ1n) is 9.77. The van der Waals surface area contributed by atoms with Crippen LogP contribution in [0.25, 0.3) is 0 Å². The predicted molar refractivity (Wildman–Crippen MR) is 110 cm³/mol. The highest BCUT2D eigenvalue weighted by Gasteiger charge is 2.34.